The van der Waals surface area contributed by atoms with Gasteiger partial charge < -0.3 is 0 Å². The third-order valence-corrected chi connectivity index (χ3v) is 3.08. The Bertz CT molecular complexity index is 295. The second-order valence-corrected chi connectivity index (χ2v) is 6.72. The molecule has 0 bridgehead atoms. The van der Waals surface area contributed by atoms with E-state index in [0.717, 1.165) is 6.04 Å². The number of hydrogen-bond donors (Lipinski definition) is 0. The Morgan fingerprint density at radius 2 is 1.85 bits per heavy atom. The van der Waals surface area contributed by atoms with Gasteiger partial charge in [-0.3, -0.25) is 10.1 Å². The molecule has 0 aromatic heterocycles. The first kappa shape index (κ1) is 9.92. The zero-order valence-corrected chi connectivity index (χ0v) is 9.01. The first-order valence-corrected chi connectivity index (χ1v) is 7.45. The summed E-state index contributed by atoms with van der Waals surface area (Å²) >= 11 is 0. The minimum Gasteiger partial charge on any atom is -0.258 e. The van der Waals surface area contributed by atoms with Crippen molar-refractivity contribution in [2.45, 2.75) is 19.1 Å². The minimum absolute atomic E-state index is 0.175. The van der Waals surface area contributed by atoms with Gasteiger partial charge in [0.15, 0.2) is 0 Å². The molecule has 0 radical (unpaired) electrons. The lowest BCUT2D eigenvalue weighted by Gasteiger charge is -2.02. The van der Waals surface area contributed by atoms with E-state index in [1.807, 2.05) is 12.1 Å². The first-order chi connectivity index (χ1) is 6.09. The predicted octanol–water partition coefficient (Wildman–Crippen LogP) is 2.16. The van der Waals surface area contributed by atoms with Crippen LogP contribution in [0.5, 0.6) is 0 Å². The average molecular weight is 195 g/mol. The van der Waals surface area contributed by atoms with Crippen LogP contribution in [0.25, 0.3) is 0 Å². The Morgan fingerprint density at radius 1 is 1.31 bits per heavy atom. The summed E-state index contributed by atoms with van der Waals surface area (Å²) in [6.45, 7) is 4.53. The van der Waals surface area contributed by atoms with E-state index in [1.54, 1.807) is 12.1 Å². The van der Waals surface area contributed by atoms with Gasteiger partial charge in [0, 0.05) is 20.9 Å². The number of rotatable bonds is 3. The molecule has 0 spiro atoms. The fourth-order valence-electron chi connectivity index (χ4n) is 1.23. The lowest BCUT2D eigenvalue weighted by Crippen LogP contribution is -2.05. The quantitative estimate of drug-likeness (QED) is 0.421. The zero-order chi connectivity index (χ0) is 9.84. The smallest absolute Gasteiger partial charge is 0.258 e. The fourth-order valence-corrected chi connectivity index (χ4v) is 2.44. The van der Waals surface area contributed by atoms with Gasteiger partial charge in [-0.05, 0) is 6.04 Å². The Balaban J connectivity index is 2.75. The highest BCUT2D eigenvalue weighted by Gasteiger charge is 2.04. The van der Waals surface area contributed by atoms with Gasteiger partial charge >= 0.3 is 0 Å². The van der Waals surface area contributed by atoms with Crippen molar-refractivity contribution in [2.75, 3.05) is 0 Å². The molecule has 0 fully saturated rings. The molecule has 0 atom stereocenters. The molecule has 3 nitrogen and oxygen atoms in total. The van der Waals surface area contributed by atoms with Gasteiger partial charge in [-0.2, -0.15) is 0 Å². The van der Waals surface area contributed by atoms with Crippen LogP contribution in [0.4, 0.5) is 5.69 Å². The molecule has 4 heteroatoms. The summed E-state index contributed by atoms with van der Waals surface area (Å²) < 4.78 is 0. The second kappa shape index (κ2) is 4.18. The summed E-state index contributed by atoms with van der Waals surface area (Å²) in [7, 11) is -0.607. The molecule has 1 aromatic carbocycles. The van der Waals surface area contributed by atoms with Crippen molar-refractivity contribution in [1.82, 2.24) is 0 Å². The van der Waals surface area contributed by atoms with Crippen molar-refractivity contribution >= 4 is 14.5 Å². The SMILES string of the molecule is C[SiH](C)Cc1ccc([N+](=O)[O-])cc1. The maximum atomic E-state index is 10.3. The number of nitro benzene ring substituents is 1. The van der Waals surface area contributed by atoms with E-state index in [2.05, 4.69) is 13.1 Å². The van der Waals surface area contributed by atoms with Gasteiger partial charge in [-0.1, -0.05) is 30.8 Å². The molecular formula is C9H13NO2Si. The lowest BCUT2D eigenvalue weighted by molar-refractivity contribution is -0.384. The highest BCUT2D eigenvalue weighted by Crippen LogP contribution is 2.12. The monoisotopic (exact) mass is 195 g/mol. The largest absolute Gasteiger partial charge is 0.269 e. The van der Waals surface area contributed by atoms with Crippen molar-refractivity contribution in [3.05, 3.63) is 39.9 Å². The molecule has 0 saturated heterocycles. The van der Waals surface area contributed by atoms with Crippen LogP contribution in [0.2, 0.25) is 13.1 Å². The van der Waals surface area contributed by atoms with Crippen LogP contribution in [-0.2, 0) is 6.04 Å². The molecule has 0 saturated carbocycles. The fraction of sp³-hybridized carbons (Fsp3) is 0.333. The van der Waals surface area contributed by atoms with Crippen LogP contribution in [0.15, 0.2) is 24.3 Å². The van der Waals surface area contributed by atoms with Crippen molar-refractivity contribution in [3.8, 4) is 0 Å². The first-order valence-electron chi connectivity index (χ1n) is 4.33. The summed E-state index contributed by atoms with van der Waals surface area (Å²) in [5.74, 6) is 0. The third kappa shape index (κ3) is 2.99. The van der Waals surface area contributed by atoms with Gasteiger partial charge in [0.05, 0.1) is 4.92 Å². The number of nitrogens with zero attached hydrogens (tertiary/aromatic N) is 1. The summed E-state index contributed by atoms with van der Waals surface area (Å²) in [6.07, 6.45) is 0. The highest BCUT2D eigenvalue weighted by atomic mass is 28.3. The Hall–Kier alpha value is -1.16. The molecule has 70 valence electrons. The van der Waals surface area contributed by atoms with Crippen molar-refractivity contribution in [1.29, 1.82) is 0 Å². The maximum Gasteiger partial charge on any atom is 0.269 e. The topological polar surface area (TPSA) is 43.1 Å². The van der Waals surface area contributed by atoms with Crippen molar-refractivity contribution in [3.63, 3.8) is 0 Å². The normalized spacial score (nSPS) is 10.4. The summed E-state index contributed by atoms with van der Waals surface area (Å²) in [4.78, 5) is 9.98. The predicted molar refractivity (Wildman–Crippen MR) is 55.7 cm³/mol. The van der Waals surface area contributed by atoms with Crippen molar-refractivity contribution in [2.24, 2.45) is 0 Å². The number of non-ortho nitro benzene ring substituents is 1. The molecule has 13 heavy (non-hydrogen) atoms. The molecule has 1 aromatic rings. The van der Waals surface area contributed by atoms with E-state index in [0.29, 0.717) is 0 Å². The zero-order valence-electron chi connectivity index (χ0n) is 7.86. The standard InChI is InChI=1S/C9H13NO2Si/c1-13(2)7-8-3-5-9(6-4-8)10(11)12/h3-6,13H,7H2,1-2H3. The van der Waals surface area contributed by atoms with E-state index in [4.69, 9.17) is 0 Å². The van der Waals surface area contributed by atoms with E-state index in [-0.39, 0.29) is 10.6 Å². The molecule has 0 unspecified atom stereocenters. The molecule has 0 amide bonds. The van der Waals surface area contributed by atoms with Gasteiger partial charge in [0.25, 0.3) is 5.69 Å². The van der Waals surface area contributed by atoms with Gasteiger partial charge in [-0.15, -0.1) is 0 Å². The highest BCUT2D eigenvalue weighted by molar-refractivity contribution is 6.55. The Labute approximate surface area is 79.2 Å². The number of benzene rings is 1. The van der Waals surface area contributed by atoms with Crippen LogP contribution in [0.3, 0.4) is 0 Å². The molecule has 0 N–H and O–H groups in total. The number of nitro groups is 1. The molecule has 0 aliphatic carbocycles. The molecule has 0 aliphatic rings. The van der Waals surface area contributed by atoms with Crippen LogP contribution >= 0.6 is 0 Å². The van der Waals surface area contributed by atoms with Crippen molar-refractivity contribution < 1.29 is 4.92 Å². The molecular weight excluding hydrogens is 182 g/mol. The Kier molecular flexibility index (Phi) is 3.19. The second-order valence-electron chi connectivity index (χ2n) is 3.52. The van der Waals surface area contributed by atoms with E-state index in [9.17, 15) is 10.1 Å². The molecule has 1 rings (SSSR count). The Morgan fingerprint density at radius 3 is 2.23 bits per heavy atom. The molecule has 0 aliphatic heterocycles. The van der Waals surface area contributed by atoms with Gasteiger partial charge in [0.1, 0.15) is 0 Å². The summed E-state index contributed by atoms with van der Waals surface area (Å²) in [6, 6.07) is 7.96. The third-order valence-electron chi connectivity index (χ3n) is 1.79. The summed E-state index contributed by atoms with van der Waals surface area (Å²) in [5.41, 5.74) is 1.39. The van der Waals surface area contributed by atoms with E-state index in [1.165, 1.54) is 5.56 Å². The van der Waals surface area contributed by atoms with Crippen LogP contribution in [0.1, 0.15) is 5.56 Å². The number of hydrogen-bond acceptors (Lipinski definition) is 2. The molecule has 0 heterocycles. The van der Waals surface area contributed by atoms with Crippen LogP contribution in [-0.4, -0.2) is 13.7 Å². The van der Waals surface area contributed by atoms with Crippen LogP contribution < -0.4 is 0 Å². The minimum atomic E-state index is -0.607. The van der Waals surface area contributed by atoms with Gasteiger partial charge in [-0.25, -0.2) is 0 Å². The maximum absolute atomic E-state index is 10.3. The van der Waals surface area contributed by atoms with Crippen LogP contribution in [0, 0.1) is 10.1 Å². The van der Waals surface area contributed by atoms with E-state index >= 15 is 0 Å². The van der Waals surface area contributed by atoms with E-state index < -0.39 is 8.80 Å². The average Bonchev–Trinajstić information content (AvgIpc) is 2.04. The van der Waals surface area contributed by atoms with Gasteiger partial charge in [0.2, 0.25) is 0 Å². The lowest BCUT2D eigenvalue weighted by atomic mass is 10.2. The summed E-state index contributed by atoms with van der Waals surface area (Å²) in [5, 5.41) is 10.3.